The Morgan fingerprint density at radius 2 is 2.08 bits per heavy atom. The number of pyridine rings is 1. The van der Waals surface area contributed by atoms with Gasteiger partial charge in [-0.25, -0.2) is 0 Å². The normalized spacial score (nSPS) is 19.6. The van der Waals surface area contributed by atoms with Gasteiger partial charge in [0.1, 0.15) is 18.6 Å². The molecule has 124 valence electrons. The number of rotatable bonds is 4. The van der Waals surface area contributed by atoms with E-state index in [1.54, 1.807) is 18.0 Å². The Morgan fingerprint density at radius 3 is 2.92 bits per heavy atom. The van der Waals surface area contributed by atoms with Crippen LogP contribution in [0.25, 0.3) is 0 Å². The third-order valence-electron chi connectivity index (χ3n) is 4.18. The summed E-state index contributed by atoms with van der Waals surface area (Å²) in [5, 5.41) is 0.0324. The van der Waals surface area contributed by atoms with Crippen molar-refractivity contribution in [1.82, 2.24) is 9.88 Å². The number of fused-ring (bicyclic) bond motifs is 1. The molecule has 6 heteroatoms. The molecule has 3 heterocycles. The lowest BCUT2D eigenvalue weighted by atomic mass is 10.1. The lowest BCUT2D eigenvalue weighted by Gasteiger charge is -2.26. The summed E-state index contributed by atoms with van der Waals surface area (Å²) in [6.07, 6.45) is 4.42. The molecular formula is C18H18N2O3S. The van der Waals surface area contributed by atoms with Gasteiger partial charge in [0, 0.05) is 18.9 Å². The van der Waals surface area contributed by atoms with E-state index in [2.05, 4.69) is 4.98 Å². The van der Waals surface area contributed by atoms with E-state index in [0.29, 0.717) is 25.5 Å². The van der Waals surface area contributed by atoms with E-state index >= 15 is 0 Å². The monoisotopic (exact) mass is 342 g/mol. The summed E-state index contributed by atoms with van der Waals surface area (Å²) in [5.74, 6) is 2.25. The lowest BCUT2D eigenvalue weighted by Crippen LogP contribution is -2.30. The highest BCUT2D eigenvalue weighted by Crippen LogP contribution is 2.42. The second kappa shape index (κ2) is 6.73. The van der Waals surface area contributed by atoms with Gasteiger partial charge >= 0.3 is 0 Å². The molecule has 1 saturated heterocycles. The number of amides is 1. The zero-order valence-electron chi connectivity index (χ0n) is 13.2. The van der Waals surface area contributed by atoms with Crippen molar-refractivity contribution in [1.29, 1.82) is 0 Å². The standard InChI is InChI=1S/C18H18N2O3S/c21-17-12-24-18(20(17)7-5-13-2-1-6-19-11-13)14-3-4-15-16(10-14)23-9-8-22-15/h1-4,6,10-11,18H,5,7-9,12H2. The minimum atomic E-state index is 0.0324. The lowest BCUT2D eigenvalue weighted by molar-refractivity contribution is -0.128. The molecule has 2 aliphatic rings. The number of thioether (sulfide) groups is 1. The molecule has 0 radical (unpaired) electrons. The van der Waals surface area contributed by atoms with Gasteiger partial charge in [-0.3, -0.25) is 9.78 Å². The van der Waals surface area contributed by atoms with Crippen LogP contribution in [0.3, 0.4) is 0 Å². The predicted molar refractivity (Wildman–Crippen MR) is 92.3 cm³/mol. The molecule has 5 nitrogen and oxygen atoms in total. The Bertz CT molecular complexity index is 738. The molecule has 2 aliphatic heterocycles. The number of aromatic nitrogens is 1. The minimum absolute atomic E-state index is 0.0324. The summed E-state index contributed by atoms with van der Waals surface area (Å²) >= 11 is 1.66. The van der Waals surface area contributed by atoms with Gasteiger partial charge in [-0.2, -0.15) is 0 Å². The summed E-state index contributed by atoms with van der Waals surface area (Å²) in [4.78, 5) is 18.4. The smallest absolute Gasteiger partial charge is 0.233 e. The van der Waals surface area contributed by atoms with Gasteiger partial charge in [0.25, 0.3) is 0 Å². The van der Waals surface area contributed by atoms with Crippen LogP contribution in [-0.2, 0) is 11.2 Å². The number of hydrogen-bond acceptors (Lipinski definition) is 5. The van der Waals surface area contributed by atoms with E-state index in [9.17, 15) is 4.79 Å². The molecule has 1 amide bonds. The quantitative estimate of drug-likeness (QED) is 0.855. The maximum Gasteiger partial charge on any atom is 0.233 e. The molecule has 0 N–H and O–H groups in total. The summed E-state index contributed by atoms with van der Waals surface area (Å²) in [6, 6.07) is 9.93. The first-order chi connectivity index (χ1) is 11.8. The van der Waals surface area contributed by atoms with Crippen LogP contribution in [0.4, 0.5) is 0 Å². The first kappa shape index (κ1) is 15.3. The number of ether oxygens (including phenoxy) is 2. The van der Waals surface area contributed by atoms with Gasteiger partial charge in [-0.15, -0.1) is 11.8 Å². The van der Waals surface area contributed by atoms with E-state index in [0.717, 1.165) is 29.0 Å². The molecule has 4 rings (SSSR count). The fourth-order valence-corrected chi connectivity index (χ4v) is 4.19. The Morgan fingerprint density at radius 1 is 1.21 bits per heavy atom. The number of benzene rings is 1. The van der Waals surface area contributed by atoms with Gasteiger partial charge in [0.15, 0.2) is 11.5 Å². The van der Waals surface area contributed by atoms with Gasteiger partial charge in [-0.1, -0.05) is 12.1 Å². The number of nitrogens with zero attached hydrogens (tertiary/aromatic N) is 2. The van der Waals surface area contributed by atoms with Gasteiger partial charge < -0.3 is 14.4 Å². The Balaban J connectivity index is 1.52. The number of carbonyl (C=O) groups excluding carboxylic acids is 1. The second-order valence-electron chi connectivity index (χ2n) is 5.76. The Labute approximate surface area is 145 Å². The van der Waals surface area contributed by atoms with Crippen LogP contribution in [0.2, 0.25) is 0 Å². The molecular weight excluding hydrogens is 324 g/mol. The maximum atomic E-state index is 12.3. The molecule has 0 bridgehead atoms. The van der Waals surface area contributed by atoms with Crippen LogP contribution in [0, 0.1) is 0 Å². The molecule has 1 aromatic heterocycles. The van der Waals surface area contributed by atoms with Crippen molar-refractivity contribution in [2.45, 2.75) is 11.8 Å². The molecule has 0 aliphatic carbocycles. The van der Waals surface area contributed by atoms with E-state index in [1.165, 1.54) is 0 Å². The molecule has 0 saturated carbocycles. The van der Waals surface area contributed by atoms with E-state index in [-0.39, 0.29) is 11.3 Å². The van der Waals surface area contributed by atoms with Gasteiger partial charge in [-0.05, 0) is 35.7 Å². The average molecular weight is 342 g/mol. The average Bonchev–Trinajstić information content (AvgIpc) is 3.01. The van der Waals surface area contributed by atoms with Crippen molar-refractivity contribution in [3.63, 3.8) is 0 Å². The number of hydrogen-bond donors (Lipinski definition) is 0. The molecule has 1 aromatic carbocycles. The third-order valence-corrected chi connectivity index (χ3v) is 5.44. The molecule has 0 spiro atoms. The predicted octanol–water partition coefficient (Wildman–Crippen LogP) is 2.67. The van der Waals surface area contributed by atoms with Gasteiger partial charge in [0.2, 0.25) is 5.91 Å². The minimum Gasteiger partial charge on any atom is -0.486 e. The van der Waals surface area contributed by atoms with E-state index < -0.39 is 0 Å². The third kappa shape index (κ3) is 3.06. The van der Waals surface area contributed by atoms with Crippen LogP contribution in [0.5, 0.6) is 11.5 Å². The Hall–Kier alpha value is -2.21. The maximum absolute atomic E-state index is 12.3. The highest BCUT2D eigenvalue weighted by Gasteiger charge is 2.33. The zero-order valence-corrected chi connectivity index (χ0v) is 14.0. The molecule has 1 unspecified atom stereocenters. The van der Waals surface area contributed by atoms with Crippen LogP contribution >= 0.6 is 11.8 Å². The fraction of sp³-hybridized carbons (Fsp3) is 0.333. The summed E-state index contributed by atoms with van der Waals surface area (Å²) < 4.78 is 11.2. The highest BCUT2D eigenvalue weighted by molar-refractivity contribution is 8.00. The molecule has 1 atom stereocenters. The summed E-state index contributed by atoms with van der Waals surface area (Å²) in [5.41, 5.74) is 2.23. The van der Waals surface area contributed by atoms with Crippen molar-refractivity contribution in [2.24, 2.45) is 0 Å². The van der Waals surface area contributed by atoms with E-state index in [1.807, 2.05) is 41.4 Å². The van der Waals surface area contributed by atoms with E-state index in [4.69, 9.17) is 9.47 Å². The largest absolute Gasteiger partial charge is 0.486 e. The van der Waals surface area contributed by atoms with Crippen molar-refractivity contribution < 1.29 is 14.3 Å². The summed E-state index contributed by atoms with van der Waals surface area (Å²) in [7, 11) is 0. The van der Waals surface area contributed by atoms with Crippen molar-refractivity contribution in [3.05, 3.63) is 53.9 Å². The second-order valence-corrected chi connectivity index (χ2v) is 6.83. The van der Waals surface area contributed by atoms with Gasteiger partial charge in [0.05, 0.1) is 5.75 Å². The fourth-order valence-electron chi connectivity index (χ4n) is 2.98. The van der Waals surface area contributed by atoms with Crippen LogP contribution in [-0.4, -0.2) is 41.3 Å². The molecule has 24 heavy (non-hydrogen) atoms. The van der Waals surface area contributed by atoms with Crippen molar-refractivity contribution >= 4 is 17.7 Å². The summed E-state index contributed by atoms with van der Waals surface area (Å²) in [6.45, 7) is 1.84. The highest BCUT2D eigenvalue weighted by atomic mass is 32.2. The van der Waals surface area contributed by atoms with Crippen LogP contribution < -0.4 is 9.47 Å². The Kier molecular flexibility index (Phi) is 4.30. The zero-order chi connectivity index (χ0) is 16.4. The topological polar surface area (TPSA) is 51.7 Å². The molecule has 1 fully saturated rings. The van der Waals surface area contributed by atoms with Crippen LogP contribution in [0.15, 0.2) is 42.7 Å². The first-order valence-electron chi connectivity index (χ1n) is 8.01. The van der Waals surface area contributed by atoms with Crippen LogP contribution in [0.1, 0.15) is 16.5 Å². The SMILES string of the molecule is O=C1CSC(c2ccc3c(c2)OCCO3)N1CCc1cccnc1. The number of carbonyl (C=O) groups is 1. The molecule has 2 aromatic rings. The van der Waals surface area contributed by atoms with Crippen molar-refractivity contribution in [3.8, 4) is 11.5 Å². The first-order valence-corrected chi connectivity index (χ1v) is 9.06. The van der Waals surface area contributed by atoms with Crippen molar-refractivity contribution in [2.75, 3.05) is 25.5 Å².